The predicted molar refractivity (Wildman–Crippen MR) is 60.1 cm³/mol. The Hall–Kier alpha value is -0.260. The second-order valence-electron chi connectivity index (χ2n) is 3.21. The van der Waals surface area contributed by atoms with E-state index in [1.807, 2.05) is 0 Å². The molecule has 1 aliphatic rings. The average Bonchev–Trinajstić information content (AvgIpc) is 2.13. The molecule has 1 aliphatic carbocycles. The van der Waals surface area contributed by atoms with E-state index in [1.54, 1.807) is 0 Å². The van der Waals surface area contributed by atoms with Crippen LogP contribution in [-0.4, -0.2) is 23.2 Å². The highest BCUT2D eigenvalue weighted by Crippen LogP contribution is 2.25. The van der Waals surface area contributed by atoms with E-state index in [0.717, 1.165) is 6.42 Å². The van der Waals surface area contributed by atoms with Crippen molar-refractivity contribution in [1.29, 1.82) is 0 Å². The Morgan fingerprint density at radius 3 is 3.00 bits per heavy atom. The highest BCUT2D eigenvalue weighted by molar-refractivity contribution is 14.1. The fourth-order valence-corrected chi connectivity index (χ4v) is 2.10. The van der Waals surface area contributed by atoms with E-state index in [4.69, 9.17) is 0 Å². The number of alkyl carbamates (subject to hydrolysis) is 1. The van der Waals surface area contributed by atoms with Crippen LogP contribution in [-0.2, 0) is 4.74 Å². The Morgan fingerprint density at radius 1 is 1.69 bits per heavy atom. The van der Waals surface area contributed by atoms with E-state index in [2.05, 4.69) is 51.7 Å². The van der Waals surface area contributed by atoms with Crippen LogP contribution in [0.15, 0.2) is 12.2 Å². The lowest BCUT2D eigenvalue weighted by atomic mass is 9.93. The molecule has 1 rings (SSSR count). The van der Waals surface area contributed by atoms with Crippen LogP contribution in [0.4, 0.5) is 4.79 Å². The van der Waals surface area contributed by atoms with Gasteiger partial charge in [0.25, 0.3) is 0 Å². The zero-order chi connectivity index (χ0) is 9.84. The lowest BCUT2D eigenvalue weighted by Gasteiger charge is -2.28. The average molecular weight is 295 g/mol. The number of nitrogens with one attached hydrogen (secondary N) is 1. The summed E-state index contributed by atoms with van der Waals surface area (Å²) in [4.78, 5) is 11.0. The number of hydrogen-bond acceptors (Lipinski definition) is 2. The Labute approximate surface area is 92.1 Å². The van der Waals surface area contributed by atoms with Gasteiger partial charge < -0.3 is 10.1 Å². The second kappa shape index (κ2) is 4.83. The molecule has 0 aliphatic heterocycles. The standard InChI is InChI=1S/C9H14INO2/c1-6-4-3-5-7(8(6)10)11-9(12)13-2/h3-4,6-8H,5H2,1-2H3,(H,11,12)/t6-,7-,8+/m0/s1. The van der Waals surface area contributed by atoms with Crippen molar-refractivity contribution in [3.05, 3.63) is 12.2 Å². The number of rotatable bonds is 1. The van der Waals surface area contributed by atoms with Gasteiger partial charge in [-0.2, -0.15) is 0 Å². The molecule has 0 radical (unpaired) electrons. The minimum absolute atomic E-state index is 0.202. The van der Waals surface area contributed by atoms with Crippen LogP contribution >= 0.6 is 22.6 Å². The van der Waals surface area contributed by atoms with Crippen molar-refractivity contribution in [3.8, 4) is 0 Å². The van der Waals surface area contributed by atoms with E-state index in [-0.39, 0.29) is 12.1 Å². The van der Waals surface area contributed by atoms with Gasteiger partial charge in [0.15, 0.2) is 0 Å². The molecule has 0 fully saturated rings. The summed E-state index contributed by atoms with van der Waals surface area (Å²) >= 11 is 2.37. The van der Waals surface area contributed by atoms with Crippen LogP contribution in [0.2, 0.25) is 0 Å². The molecule has 0 heterocycles. The monoisotopic (exact) mass is 295 g/mol. The highest BCUT2D eigenvalue weighted by atomic mass is 127. The van der Waals surface area contributed by atoms with Crippen molar-refractivity contribution < 1.29 is 9.53 Å². The molecule has 0 aromatic rings. The maximum absolute atomic E-state index is 11.0. The number of allylic oxidation sites excluding steroid dienone is 1. The minimum atomic E-state index is -0.339. The molecule has 13 heavy (non-hydrogen) atoms. The van der Waals surface area contributed by atoms with Crippen LogP contribution in [0.25, 0.3) is 0 Å². The van der Waals surface area contributed by atoms with Gasteiger partial charge in [0.2, 0.25) is 0 Å². The van der Waals surface area contributed by atoms with Crippen molar-refractivity contribution in [1.82, 2.24) is 5.32 Å². The van der Waals surface area contributed by atoms with Gasteiger partial charge in [-0.3, -0.25) is 0 Å². The molecule has 0 aromatic carbocycles. The summed E-state index contributed by atoms with van der Waals surface area (Å²) < 4.78 is 5.01. The van der Waals surface area contributed by atoms with E-state index in [0.29, 0.717) is 9.84 Å². The van der Waals surface area contributed by atoms with E-state index in [9.17, 15) is 4.79 Å². The Morgan fingerprint density at radius 2 is 2.38 bits per heavy atom. The van der Waals surface area contributed by atoms with Crippen molar-refractivity contribution in [2.75, 3.05) is 7.11 Å². The highest BCUT2D eigenvalue weighted by Gasteiger charge is 2.26. The first kappa shape index (κ1) is 10.8. The van der Waals surface area contributed by atoms with E-state index in [1.165, 1.54) is 7.11 Å². The smallest absolute Gasteiger partial charge is 0.407 e. The summed E-state index contributed by atoms with van der Waals surface area (Å²) in [6.45, 7) is 2.15. The molecular weight excluding hydrogens is 281 g/mol. The normalized spacial score (nSPS) is 32.7. The van der Waals surface area contributed by atoms with Crippen LogP contribution < -0.4 is 5.32 Å². The lowest BCUT2D eigenvalue weighted by Crippen LogP contribution is -2.44. The quantitative estimate of drug-likeness (QED) is 0.457. The number of carbonyl (C=O) groups excluding carboxylic acids is 1. The van der Waals surface area contributed by atoms with Crippen LogP contribution in [0, 0.1) is 5.92 Å². The molecule has 1 amide bonds. The third-order valence-corrected chi connectivity index (χ3v) is 4.21. The van der Waals surface area contributed by atoms with Gasteiger partial charge >= 0.3 is 6.09 Å². The van der Waals surface area contributed by atoms with Crippen LogP contribution in [0.3, 0.4) is 0 Å². The maximum Gasteiger partial charge on any atom is 0.407 e. The number of carbonyl (C=O) groups is 1. The third-order valence-electron chi connectivity index (χ3n) is 2.20. The Bertz CT molecular complexity index is 218. The van der Waals surface area contributed by atoms with Crippen molar-refractivity contribution in [3.63, 3.8) is 0 Å². The van der Waals surface area contributed by atoms with Crippen LogP contribution in [0.5, 0.6) is 0 Å². The zero-order valence-corrected chi connectivity index (χ0v) is 9.95. The fourth-order valence-electron chi connectivity index (χ4n) is 1.39. The molecule has 0 spiro atoms. The Kier molecular flexibility index (Phi) is 4.02. The van der Waals surface area contributed by atoms with Crippen molar-refractivity contribution in [2.24, 2.45) is 5.92 Å². The van der Waals surface area contributed by atoms with Crippen LogP contribution in [0.1, 0.15) is 13.3 Å². The number of ether oxygens (including phenoxy) is 1. The Balaban J connectivity index is 2.51. The predicted octanol–water partition coefficient (Wildman–Crippen LogP) is 2.11. The summed E-state index contributed by atoms with van der Waals surface area (Å²) in [6.07, 6.45) is 4.86. The van der Waals surface area contributed by atoms with Gasteiger partial charge in [0.1, 0.15) is 0 Å². The molecule has 3 nitrogen and oxygen atoms in total. The topological polar surface area (TPSA) is 38.3 Å². The third kappa shape index (κ3) is 2.86. The molecule has 0 saturated carbocycles. The largest absolute Gasteiger partial charge is 0.453 e. The number of methoxy groups -OCH3 is 1. The summed E-state index contributed by atoms with van der Waals surface area (Å²) in [5.41, 5.74) is 0. The molecule has 1 N–H and O–H groups in total. The number of hydrogen-bond donors (Lipinski definition) is 1. The minimum Gasteiger partial charge on any atom is -0.453 e. The summed E-state index contributed by atoms with van der Waals surface area (Å²) in [5.74, 6) is 0.511. The van der Waals surface area contributed by atoms with E-state index < -0.39 is 0 Å². The molecule has 0 unspecified atom stereocenters. The van der Waals surface area contributed by atoms with Crippen molar-refractivity contribution in [2.45, 2.75) is 23.3 Å². The summed E-state index contributed by atoms with van der Waals surface area (Å²) in [6, 6.07) is 0.202. The first-order chi connectivity index (χ1) is 6.15. The first-order valence-corrected chi connectivity index (χ1v) is 5.55. The van der Waals surface area contributed by atoms with Crippen molar-refractivity contribution >= 4 is 28.7 Å². The fraction of sp³-hybridized carbons (Fsp3) is 0.667. The maximum atomic E-state index is 11.0. The van der Waals surface area contributed by atoms with Gasteiger partial charge in [0.05, 0.1) is 7.11 Å². The number of halogens is 1. The van der Waals surface area contributed by atoms with Gasteiger partial charge in [0, 0.05) is 9.97 Å². The van der Waals surface area contributed by atoms with Gasteiger partial charge in [-0.15, -0.1) is 0 Å². The molecule has 4 heteroatoms. The molecule has 74 valence electrons. The van der Waals surface area contributed by atoms with E-state index >= 15 is 0 Å². The first-order valence-electron chi connectivity index (χ1n) is 4.30. The SMILES string of the molecule is COC(=O)N[C@H]1CC=C[C@H](C)[C@H]1I. The molecule has 0 saturated heterocycles. The molecule has 0 aromatic heterocycles. The van der Waals surface area contributed by atoms with Gasteiger partial charge in [-0.1, -0.05) is 41.7 Å². The van der Waals surface area contributed by atoms with Gasteiger partial charge in [-0.05, 0) is 12.3 Å². The molecule has 0 bridgehead atoms. The number of amides is 1. The second-order valence-corrected chi connectivity index (χ2v) is 4.65. The summed E-state index contributed by atoms with van der Waals surface area (Å²) in [7, 11) is 1.39. The zero-order valence-electron chi connectivity index (χ0n) is 7.79. The van der Waals surface area contributed by atoms with Gasteiger partial charge in [-0.25, -0.2) is 4.79 Å². The summed E-state index contributed by atoms with van der Waals surface area (Å²) in [5, 5.41) is 2.83. The number of alkyl halides is 1. The lowest BCUT2D eigenvalue weighted by molar-refractivity contribution is 0.165. The molecular formula is C9H14INO2. The molecule has 3 atom stereocenters.